The molecule has 0 aliphatic rings. The van der Waals surface area contributed by atoms with Crippen LogP contribution in [0.15, 0.2) is 24.3 Å². The molecule has 0 heterocycles. The Hall–Kier alpha value is -0.830. The molecule has 0 aromatic heterocycles. The normalized spacial score (nSPS) is 13.8. The van der Waals surface area contributed by atoms with E-state index in [-0.39, 0.29) is 11.9 Å². The third-order valence-electron chi connectivity index (χ3n) is 3.70. The summed E-state index contributed by atoms with van der Waals surface area (Å²) in [6.07, 6.45) is 2.94. The Kier molecular flexibility index (Phi) is 7.90. The molecular weight excluding hydrogens is 316 g/mol. The average molecular weight is 341 g/mol. The Bertz CT molecular complexity index is 400. The summed E-state index contributed by atoms with van der Waals surface area (Å²) >= 11 is 3.44. The molecule has 0 spiro atoms. The maximum atomic E-state index is 12.3. The summed E-state index contributed by atoms with van der Waals surface area (Å²) in [7, 11) is 0. The van der Waals surface area contributed by atoms with Crippen LogP contribution in [0.2, 0.25) is 0 Å². The van der Waals surface area contributed by atoms with Gasteiger partial charge in [0.15, 0.2) is 0 Å². The third kappa shape index (κ3) is 4.93. The fourth-order valence-electron chi connectivity index (χ4n) is 2.15. The summed E-state index contributed by atoms with van der Waals surface area (Å²) in [5.74, 6) is 0.0552. The largest absolute Gasteiger partial charge is 0.465 e. The van der Waals surface area contributed by atoms with Crippen LogP contribution >= 0.6 is 15.9 Å². The van der Waals surface area contributed by atoms with Gasteiger partial charge >= 0.3 is 5.97 Å². The number of halogens is 1. The van der Waals surface area contributed by atoms with Gasteiger partial charge in [-0.2, -0.15) is 0 Å². The van der Waals surface area contributed by atoms with Crippen LogP contribution in [0.4, 0.5) is 0 Å². The van der Waals surface area contributed by atoms with Crippen LogP contribution in [-0.4, -0.2) is 12.6 Å². The second-order valence-corrected chi connectivity index (χ2v) is 5.82. The summed E-state index contributed by atoms with van der Waals surface area (Å²) in [6.45, 7) is 6.86. The fourth-order valence-corrected chi connectivity index (χ4v) is 2.53. The SMILES string of the molecule is CCCCOC(=O)C(c1ccc(CBr)cc1)C(C)CC. The first-order chi connectivity index (χ1) is 9.63. The number of ether oxygens (including phenoxy) is 1. The second kappa shape index (κ2) is 9.17. The first-order valence-corrected chi connectivity index (χ1v) is 8.57. The number of carbonyl (C=O) groups excluding carboxylic acids is 1. The van der Waals surface area contributed by atoms with Crippen LogP contribution in [0.3, 0.4) is 0 Å². The molecule has 20 heavy (non-hydrogen) atoms. The van der Waals surface area contributed by atoms with E-state index in [1.54, 1.807) is 0 Å². The Balaban J connectivity index is 2.84. The highest BCUT2D eigenvalue weighted by Gasteiger charge is 2.27. The maximum Gasteiger partial charge on any atom is 0.313 e. The lowest BCUT2D eigenvalue weighted by Gasteiger charge is -2.22. The van der Waals surface area contributed by atoms with E-state index < -0.39 is 0 Å². The van der Waals surface area contributed by atoms with Gasteiger partial charge in [0.05, 0.1) is 12.5 Å². The van der Waals surface area contributed by atoms with Gasteiger partial charge in [0, 0.05) is 5.33 Å². The number of rotatable bonds is 8. The highest BCUT2D eigenvalue weighted by molar-refractivity contribution is 9.08. The monoisotopic (exact) mass is 340 g/mol. The molecule has 1 aromatic carbocycles. The van der Waals surface area contributed by atoms with Crippen molar-refractivity contribution in [1.82, 2.24) is 0 Å². The molecule has 0 radical (unpaired) electrons. The van der Waals surface area contributed by atoms with Crippen LogP contribution in [0, 0.1) is 5.92 Å². The van der Waals surface area contributed by atoms with E-state index in [1.165, 1.54) is 5.56 Å². The predicted molar refractivity (Wildman–Crippen MR) is 87.1 cm³/mol. The molecule has 1 rings (SSSR count). The molecule has 0 fully saturated rings. The Morgan fingerprint density at radius 1 is 1.25 bits per heavy atom. The van der Waals surface area contributed by atoms with Gasteiger partial charge in [-0.05, 0) is 23.5 Å². The molecule has 0 aliphatic carbocycles. The maximum absolute atomic E-state index is 12.3. The Labute approximate surface area is 131 Å². The lowest BCUT2D eigenvalue weighted by molar-refractivity contribution is -0.147. The van der Waals surface area contributed by atoms with Crippen molar-refractivity contribution >= 4 is 21.9 Å². The van der Waals surface area contributed by atoms with Crippen LogP contribution in [0.25, 0.3) is 0 Å². The number of benzene rings is 1. The van der Waals surface area contributed by atoms with Crippen molar-refractivity contribution in [3.05, 3.63) is 35.4 Å². The van der Waals surface area contributed by atoms with Crippen molar-refractivity contribution in [2.24, 2.45) is 5.92 Å². The molecule has 3 heteroatoms. The summed E-state index contributed by atoms with van der Waals surface area (Å²) in [5.41, 5.74) is 2.28. The summed E-state index contributed by atoms with van der Waals surface area (Å²) < 4.78 is 5.43. The van der Waals surface area contributed by atoms with Gasteiger partial charge in [-0.3, -0.25) is 4.79 Å². The molecule has 0 amide bonds. The molecule has 0 N–H and O–H groups in total. The van der Waals surface area contributed by atoms with Crippen molar-refractivity contribution in [2.45, 2.75) is 51.3 Å². The van der Waals surface area contributed by atoms with Crippen molar-refractivity contribution in [1.29, 1.82) is 0 Å². The Morgan fingerprint density at radius 3 is 2.40 bits per heavy atom. The quantitative estimate of drug-likeness (QED) is 0.375. The van der Waals surface area contributed by atoms with E-state index in [4.69, 9.17) is 4.74 Å². The van der Waals surface area contributed by atoms with Crippen molar-refractivity contribution in [3.8, 4) is 0 Å². The summed E-state index contributed by atoms with van der Waals surface area (Å²) in [6, 6.07) is 8.24. The van der Waals surface area contributed by atoms with E-state index >= 15 is 0 Å². The molecule has 1 aromatic rings. The first-order valence-electron chi connectivity index (χ1n) is 7.45. The van der Waals surface area contributed by atoms with Gasteiger partial charge in [0.1, 0.15) is 0 Å². The predicted octanol–water partition coefficient (Wildman–Crippen LogP) is 5.05. The van der Waals surface area contributed by atoms with Crippen molar-refractivity contribution in [2.75, 3.05) is 6.61 Å². The lowest BCUT2D eigenvalue weighted by Crippen LogP contribution is -2.22. The Morgan fingerprint density at radius 2 is 1.90 bits per heavy atom. The molecular formula is C17H25BrO2. The molecule has 0 saturated heterocycles. The minimum Gasteiger partial charge on any atom is -0.465 e. The number of esters is 1. The highest BCUT2D eigenvalue weighted by atomic mass is 79.9. The minimum absolute atomic E-state index is 0.0839. The van der Waals surface area contributed by atoms with Crippen molar-refractivity contribution < 1.29 is 9.53 Å². The van der Waals surface area contributed by atoms with E-state index in [1.807, 2.05) is 0 Å². The second-order valence-electron chi connectivity index (χ2n) is 5.26. The van der Waals surface area contributed by atoms with Gasteiger partial charge in [0.2, 0.25) is 0 Å². The van der Waals surface area contributed by atoms with E-state index in [2.05, 4.69) is 61.0 Å². The zero-order chi connectivity index (χ0) is 15.0. The summed E-state index contributed by atoms with van der Waals surface area (Å²) in [5, 5.41) is 0.836. The van der Waals surface area contributed by atoms with Gasteiger partial charge < -0.3 is 4.74 Å². The van der Waals surface area contributed by atoms with Crippen LogP contribution in [0.1, 0.15) is 57.1 Å². The number of hydrogen-bond acceptors (Lipinski definition) is 2. The van der Waals surface area contributed by atoms with Gasteiger partial charge in [0.25, 0.3) is 0 Å². The summed E-state index contributed by atoms with van der Waals surface area (Å²) in [4.78, 5) is 12.3. The molecule has 112 valence electrons. The zero-order valence-electron chi connectivity index (χ0n) is 12.7. The van der Waals surface area contributed by atoms with E-state index in [0.717, 1.165) is 30.2 Å². The third-order valence-corrected chi connectivity index (χ3v) is 4.35. The number of alkyl halides is 1. The number of carbonyl (C=O) groups is 1. The van der Waals surface area contributed by atoms with Crippen LogP contribution in [0.5, 0.6) is 0 Å². The molecule has 2 nitrogen and oxygen atoms in total. The van der Waals surface area contributed by atoms with E-state index in [0.29, 0.717) is 12.5 Å². The lowest BCUT2D eigenvalue weighted by atomic mass is 9.85. The molecule has 2 unspecified atom stereocenters. The average Bonchev–Trinajstić information content (AvgIpc) is 2.48. The smallest absolute Gasteiger partial charge is 0.313 e. The van der Waals surface area contributed by atoms with Gasteiger partial charge in [-0.15, -0.1) is 0 Å². The molecule has 0 aliphatic heterocycles. The number of unbranched alkanes of at least 4 members (excludes halogenated alkanes) is 1. The van der Waals surface area contributed by atoms with E-state index in [9.17, 15) is 4.79 Å². The van der Waals surface area contributed by atoms with Crippen LogP contribution in [-0.2, 0) is 14.9 Å². The standard InChI is InChI=1S/C17H25BrO2/c1-4-6-11-20-17(19)16(13(3)5-2)15-9-7-14(12-18)8-10-15/h7-10,13,16H,4-6,11-12H2,1-3H3. The fraction of sp³-hybridized carbons (Fsp3) is 0.588. The number of hydrogen-bond donors (Lipinski definition) is 0. The topological polar surface area (TPSA) is 26.3 Å². The molecule has 0 saturated carbocycles. The highest BCUT2D eigenvalue weighted by Crippen LogP contribution is 2.29. The zero-order valence-corrected chi connectivity index (χ0v) is 14.3. The minimum atomic E-state index is -0.152. The van der Waals surface area contributed by atoms with Gasteiger partial charge in [-0.25, -0.2) is 0 Å². The van der Waals surface area contributed by atoms with Crippen molar-refractivity contribution in [3.63, 3.8) is 0 Å². The molecule has 0 bridgehead atoms. The first kappa shape index (κ1) is 17.2. The van der Waals surface area contributed by atoms with Gasteiger partial charge in [-0.1, -0.05) is 73.8 Å². The molecule has 2 atom stereocenters. The van der Waals surface area contributed by atoms with Crippen LogP contribution < -0.4 is 0 Å².